The largest absolute Gasteiger partial charge is 0.506 e. The van der Waals surface area contributed by atoms with Crippen LogP contribution in [0.25, 0.3) is 0 Å². The lowest BCUT2D eigenvalue weighted by molar-refractivity contribution is 0.477. The maximum Gasteiger partial charge on any atom is 0.142 e. The SMILES string of the molecule is Oc1cc(Cl)ccc1N=Cc1ccccc1. The van der Waals surface area contributed by atoms with Crippen molar-refractivity contribution in [3.05, 3.63) is 59.1 Å². The van der Waals surface area contributed by atoms with E-state index in [0.717, 1.165) is 5.56 Å². The predicted octanol–water partition coefficient (Wildman–Crippen LogP) is 3.80. The Morgan fingerprint density at radius 2 is 1.81 bits per heavy atom. The van der Waals surface area contributed by atoms with Gasteiger partial charge in [-0.15, -0.1) is 0 Å². The Labute approximate surface area is 98.8 Å². The van der Waals surface area contributed by atoms with Crippen molar-refractivity contribution in [2.45, 2.75) is 0 Å². The van der Waals surface area contributed by atoms with Crippen molar-refractivity contribution >= 4 is 23.5 Å². The van der Waals surface area contributed by atoms with E-state index in [0.29, 0.717) is 10.7 Å². The summed E-state index contributed by atoms with van der Waals surface area (Å²) in [5, 5.41) is 10.1. The fourth-order valence-corrected chi connectivity index (χ4v) is 1.46. The van der Waals surface area contributed by atoms with E-state index in [2.05, 4.69) is 4.99 Å². The van der Waals surface area contributed by atoms with Crippen molar-refractivity contribution in [3.8, 4) is 5.75 Å². The fraction of sp³-hybridized carbons (Fsp3) is 0. The van der Waals surface area contributed by atoms with E-state index in [1.165, 1.54) is 6.07 Å². The highest BCUT2D eigenvalue weighted by Crippen LogP contribution is 2.28. The van der Waals surface area contributed by atoms with Crippen molar-refractivity contribution in [2.24, 2.45) is 4.99 Å². The molecule has 0 amide bonds. The van der Waals surface area contributed by atoms with Crippen molar-refractivity contribution in [1.29, 1.82) is 0 Å². The number of aromatic hydroxyl groups is 1. The molecular weight excluding hydrogens is 222 g/mol. The van der Waals surface area contributed by atoms with Crippen LogP contribution in [-0.2, 0) is 0 Å². The molecule has 0 fully saturated rings. The van der Waals surface area contributed by atoms with Gasteiger partial charge in [0, 0.05) is 17.3 Å². The third-order valence-corrected chi connectivity index (χ3v) is 2.32. The lowest BCUT2D eigenvalue weighted by Crippen LogP contribution is -1.78. The fourth-order valence-electron chi connectivity index (χ4n) is 1.29. The van der Waals surface area contributed by atoms with Gasteiger partial charge in [-0.05, 0) is 17.7 Å². The number of benzene rings is 2. The minimum absolute atomic E-state index is 0.0830. The third kappa shape index (κ3) is 2.61. The summed E-state index contributed by atoms with van der Waals surface area (Å²) in [6.45, 7) is 0. The summed E-state index contributed by atoms with van der Waals surface area (Å²) >= 11 is 5.72. The van der Waals surface area contributed by atoms with Crippen LogP contribution < -0.4 is 0 Å². The van der Waals surface area contributed by atoms with E-state index in [1.54, 1.807) is 18.3 Å². The van der Waals surface area contributed by atoms with Gasteiger partial charge in [-0.25, -0.2) is 0 Å². The minimum atomic E-state index is 0.0830. The first-order valence-electron chi connectivity index (χ1n) is 4.83. The first kappa shape index (κ1) is 10.7. The van der Waals surface area contributed by atoms with Crippen LogP contribution >= 0.6 is 11.6 Å². The average molecular weight is 232 g/mol. The molecule has 2 aromatic carbocycles. The summed E-state index contributed by atoms with van der Waals surface area (Å²) in [7, 11) is 0. The Hall–Kier alpha value is -1.80. The zero-order chi connectivity index (χ0) is 11.4. The van der Waals surface area contributed by atoms with Gasteiger partial charge in [0.25, 0.3) is 0 Å². The van der Waals surface area contributed by atoms with E-state index in [-0.39, 0.29) is 5.75 Å². The summed E-state index contributed by atoms with van der Waals surface area (Å²) in [5.74, 6) is 0.0830. The number of halogens is 1. The second-order valence-corrected chi connectivity index (χ2v) is 3.74. The number of rotatable bonds is 2. The van der Waals surface area contributed by atoms with E-state index in [9.17, 15) is 5.11 Å². The monoisotopic (exact) mass is 231 g/mol. The third-order valence-electron chi connectivity index (χ3n) is 2.09. The van der Waals surface area contributed by atoms with Crippen molar-refractivity contribution in [2.75, 3.05) is 0 Å². The van der Waals surface area contributed by atoms with Gasteiger partial charge >= 0.3 is 0 Å². The van der Waals surface area contributed by atoms with Crippen LogP contribution in [0.15, 0.2) is 53.5 Å². The van der Waals surface area contributed by atoms with E-state index in [1.807, 2.05) is 30.3 Å². The lowest BCUT2D eigenvalue weighted by Gasteiger charge is -1.98. The first-order chi connectivity index (χ1) is 7.75. The molecule has 0 bridgehead atoms. The molecule has 0 saturated heterocycles. The standard InChI is InChI=1S/C13H10ClNO/c14-11-6-7-12(13(16)8-11)15-9-10-4-2-1-3-5-10/h1-9,16H. The number of hydrogen-bond donors (Lipinski definition) is 1. The molecule has 0 aliphatic heterocycles. The Balaban J connectivity index is 2.24. The molecule has 0 heterocycles. The smallest absolute Gasteiger partial charge is 0.142 e. The van der Waals surface area contributed by atoms with Gasteiger partial charge in [-0.3, -0.25) is 4.99 Å². The predicted molar refractivity (Wildman–Crippen MR) is 66.8 cm³/mol. The van der Waals surface area contributed by atoms with E-state index in [4.69, 9.17) is 11.6 Å². The molecule has 3 heteroatoms. The van der Waals surface area contributed by atoms with Gasteiger partial charge in [-0.2, -0.15) is 0 Å². The molecule has 0 unspecified atom stereocenters. The number of hydrogen-bond acceptors (Lipinski definition) is 2. The Morgan fingerprint density at radius 1 is 1.06 bits per heavy atom. The second kappa shape index (κ2) is 4.81. The van der Waals surface area contributed by atoms with Crippen LogP contribution in [0.1, 0.15) is 5.56 Å². The first-order valence-corrected chi connectivity index (χ1v) is 5.21. The van der Waals surface area contributed by atoms with Gasteiger partial charge in [0.2, 0.25) is 0 Å². The molecule has 0 aromatic heterocycles. The maximum atomic E-state index is 9.57. The van der Waals surface area contributed by atoms with Crippen LogP contribution in [0.3, 0.4) is 0 Å². The van der Waals surface area contributed by atoms with Crippen LogP contribution in [0.2, 0.25) is 5.02 Å². The number of nitrogens with zero attached hydrogens (tertiary/aromatic N) is 1. The average Bonchev–Trinajstić information content (AvgIpc) is 2.29. The van der Waals surface area contributed by atoms with E-state index >= 15 is 0 Å². The number of aliphatic imine (C=N–C) groups is 1. The van der Waals surface area contributed by atoms with Gasteiger partial charge in [-0.1, -0.05) is 41.9 Å². The van der Waals surface area contributed by atoms with Gasteiger partial charge in [0.15, 0.2) is 0 Å². The lowest BCUT2D eigenvalue weighted by atomic mass is 10.2. The second-order valence-electron chi connectivity index (χ2n) is 3.30. The molecule has 0 atom stereocenters. The summed E-state index contributed by atoms with van der Waals surface area (Å²) in [5.41, 5.74) is 1.49. The van der Waals surface area contributed by atoms with E-state index < -0.39 is 0 Å². The zero-order valence-corrected chi connectivity index (χ0v) is 9.22. The number of phenolic OH excluding ortho intramolecular Hbond substituents is 1. The Bertz CT molecular complexity index is 509. The quantitative estimate of drug-likeness (QED) is 0.784. The molecule has 0 aliphatic carbocycles. The molecule has 1 N–H and O–H groups in total. The molecule has 0 aliphatic rings. The molecule has 0 spiro atoms. The number of phenols is 1. The van der Waals surface area contributed by atoms with Crippen LogP contribution in [-0.4, -0.2) is 11.3 Å². The van der Waals surface area contributed by atoms with Gasteiger partial charge in [0.1, 0.15) is 11.4 Å². The van der Waals surface area contributed by atoms with Crippen molar-refractivity contribution in [1.82, 2.24) is 0 Å². The van der Waals surface area contributed by atoms with Crippen LogP contribution in [0.5, 0.6) is 5.75 Å². The summed E-state index contributed by atoms with van der Waals surface area (Å²) in [6, 6.07) is 14.5. The minimum Gasteiger partial charge on any atom is -0.506 e. The highest BCUT2D eigenvalue weighted by molar-refractivity contribution is 6.30. The molecule has 80 valence electrons. The maximum absolute atomic E-state index is 9.57. The highest BCUT2D eigenvalue weighted by Gasteiger charge is 1.98. The Morgan fingerprint density at radius 3 is 2.50 bits per heavy atom. The van der Waals surface area contributed by atoms with Crippen LogP contribution in [0.4, 0.5) is 5.69 Å². The molecule has 2 aromatic rings. The molecular formula is C13H10ClNO. The van der Waals surface area contributed by atoms with Gasteiger partial charge in [0.05, 0.1) is 0 Å². The molecule has 2 nitrogen and oxygen atoms in total. The summed E-state index contributed by atoms with van der Waals surface area (Å²) in [4.78, 5) is 4.18. The molecule has 2 rings (SSSR count). The topological polar surface area (TPSA) is 32.6 Å². The highest BCUT2D eigenvalue weighted by atomic mass is 35.5. The van der Waals surface area contributed by atoms with Gasteiger partial charge < -0.3 is 5.11 Å². The van der Waals surface area contributed by atoms with Crippen molar-refractivity contribution in [3.63, 3.8) is 0 Å². The van der Waals surface area contributed by atoms with Crippen LogP contribution in [0, 0.1) is 0 Å². The normalized spacial score (nSPS) is 10.8. The molecule has 0 saturated carbocycles. The Kier molecular flexibility index (Phi) is 3.22. The van der Waals surface area contributed by atoms with Crippen molar-refractivity contribution < 1.29 is 5.11 Å². The zero-order valence-electron chi connectivity index (χ0n) is 8.47. The molecule has 16 heavy (non-hydrogen) atoms. The summed E-state index contributed by atoms with van der Waals surface area (Å²) < 4.78 is 0. The summed E-state index contributed by atoms with van der Waals surface area (Å²) in [6.07, 6.45) is 1.70. The molecule has 0 radical (unpaired) electrons.